The first-order valence-corrected chi connectivity index (χ1v) is 10.1. The highest BCUT2D eigenvalue weighted by atomic mass is 16.5. The van der Waals surface area contributed by atoms with Crippen molar-refractivity contribution in [2.75, 3.05) is 7.11 Å². The van der Waals surface area contributed by atoms with Crippen LogP contribution in [0, 0.1) is 6.92 Å². The molecule has 0 aliphatic rings. The van der Waals surface area contributed by atoms with Gasteiger partial charge in [0, 0.05) is 12.6 Å². The van der Waals surface area contributed by atoms with E-state index in [1.807, 2.05) is 69.3 Å². The molecule has 2 amide bonds. The number of methoxy groups -OCH3 is 1. The molecule has 2 atom stereocenters. The van der Waals surface area contributed by atoms with Gasteiger partial charge in [-0.3, -0.25) is 9.59 Å². The summed E-state index contributed by atoms with van der Waals surface area (Å²) in [5, 5.41) is 2.99. The second-order valence-electron chi connectivity index (χ2n) is 7.53. The van der Waals surface area contributed by atoms with Crippen molar-refractivity contribution >= 4 is 11.8 Å². The molecule has 2 aromatic rings. The van der Waals surface area contributed by atoms with Gasteiger partial charge in [0.05, 0.1) is 13.5 Å². The highest BCUT2D eigenvalue weighted by Gasteiger charge is 2.26. The molecule has 29 heavy (non-hydrogen) atoms. The lowest BCUT2D eigenvalue weighted by molar-refractivity contribution is -0.140. The molecule has 0 aliphatic heterocycles. The Hall–Kier alpha value is -2.82. The molecule has 0 aromatic heterocycles. The van der Waals surface area contributed by atoms with Crippen LogP contribution in [0.2, 0.25) is 0 Å². The van der Waals surface area contributed by atoms with Gasteiger partial charge in [0.2, 0.25) is 11.8 Å². The Morgan fingerprint density at radius 3 is 2.14 bits per heavy atom. The van der Waals surface area contributed by atoms with E-state index in [4.69, 9.17) is 4.74 Å². The number of nitrogens with zero attached hydrogens (tertiary/aromatic N) is 1. The molecule has 0 heterocycles. The summed E-state index contributed by atoms with van der Waals surface area (Å²) in [6.07, 6.45) is 1.08. The Morgan fingerprint density at radius 2 is 1.59 bits per heavy atom. The Bertz CT molecular complexity index is 800. The van der Waals surface area contributed by atoms with E-state index < -0.39 is 6.04 Å². The first-order chi connectivity index (χ1) is 13.8. The lowest BCUT2D eigenvalue weighted by atomic mass is 10.1. The minimum Gasteiger partial charge on any atom is -0.497 e. The Kier molecular flexibility index (Phi) is 8.25. The monoisotopic (exact) mass is 396 g/mol. The summed E-state index contributed by atoms with van der Waals surface area (Å²) in [4.78, 5) is 27.5. The van der Waals surface area contributed by atoms with Crippen molar-refractivity contribution in [1.29, 1.82) is 0 Å². The maximum atomic E-state index is 13.2. The van der Waals surface area contributed by atoms with Crippen LogP contribution in [0.15, 0.2) is 48.5 Å². The molecule has 0 bridgehead atoms. The molecular formula is C24H32N2O3. The van der Waals surface area contributed by atoms with E-state index in [0.29, 0.717) is 6.54 Å². The smallest absolute Gasteiger partial charge is 0.242 e. The van der Waals surface area contributed by atoms with Gasteiger partial charge in [-0.05, 0) is 50.5 Å². The van der Waals surface area contributed by atoms with Gasteiger partial charge in [-0.15, -0.1) is 0 Å². The molecule has 2 rings (SSSR count). The molecule has 0 spiro atoms. The summed E-state index contributed by atoms with van der Waals surface area (Å²) >= 11 is 0. The van der Waals surface area contributed by atoms with Crippen LogP contribution in [-0.2, 0) is 22.6 Å². The minimum atomic E-state index is -0.559. The number of ether oxygens (including phenoxy) is 1. The highest BCUT2D eigenvalue weighted by molar-refractivity contribution is 5.88. The molecule has 2 aromatic carbocycles. The van der Waals surface area contributed by atoms with Crippen LogP contribution in [0.3, 0.4) is 0 Å². The maximum Gasteiger partial charge on any atom is 0.242 e. The molecule has 156 valence electrons. The molecular weight excluding hydrogens is 364 g/mol. The molecule has 0 unspecified atom stereocenters. The summed E-state index contributed by atoms with van der Waals surface area (Å²) in [5.74, 6) is 0.538. The predicted molar refractivity (Wildman–Crippen MR) is 116 cm³/mol. The SMILES string of the molecule is CC[C@H](C)NC(=O)[C@H](C)N(Cc1ccc(C)cc1)C(=O)Cc1ccc(OC)cc1. The van der Waals surface area contributed by atoms with Crippen molar-refractivity contribution in [3.05, 3.63) is 65.2 Å². The van der Waals surface area contributed by atoms with E-state index in [1.54, 1.807) is 18.9 Å². The molecule has 0 aliphatic carbocycles. The molecule has 5 nitrogen and oxygen atoms in total. The summed E-state index contributed by atoms with van der Waals surface area (Å²) in [6, 6.07) is 15.0. The topological polar surface area (TPSA) is 58.6 Å². The van der Waals surface area contributed by atoms with Crippen LogP contribution >= 0.6 is 0 Å². The van der Waals surface area contributed by atoms with Gasteiger partial charge in [0.25, 0.3) is 0 Å². The summed E-state index contributed by atoms with van der Waals surface area (Å²) in [6.45, 7) is 8.20. The van der Waals surface area contributed by atoms with E-state index in [0.717, 1.165) is 28.9 Å². The van der Waals surface area contributed by atoms with Crippen LogP contribution in [0.4, 0.5) is 0 Å². The average Bonchev–Trinajstić information content (AvgIpc) is 2.73. The molecule has 5 heteroatoms. The maximum absolute atomic E-state index is 13.2. The Morgan fingerprint density at radius 1 is 1.00 bits per heavy atom. The lowest BCUT2D eigenvalue weighted by Crippen LogP contribution is -2.49. The molecule has 0 saturated heterocycles. The number of amides is 2. The fraction of sp³-hybridized carbons (Fsp3) is 0.417. The fourth-order valence-corrected chi connectivity index (χ4v) is 2.96. The van der Waals surface area contributed by atoms with E-state index in [2.05, 4.69) is 5.32 Å². The van der Waals surface area contributed by atoms with Crippen LogP contribution in [0.1, 0.15) is 43.9 Å². The van der Waals surface area contributed by atoms with Gasteiger partial charge in [-0.2, -0.15) is 0 Å². The van der Waals surface area contributed by atoms with Crippen molar-refractivity contribution in [1.82, 2.24) is 10.2 Å². The molecule has 1 N–H and O–H groups in total. The third-order valence-corrected chi connectivity index (χ3v) is 5.16. The van der Waals surface area contributed by atoms with Crippen molar-refractivity contribution in [2.24, 2.45) is 0 Å². The first kappa shape index (κ1) is 22.5. The zero-order valence-corrected chi connectivity index (χ0v) is 18.1. The quantitative estimate of drug-likeness (QED) is 0.700. The second-order valence-corrected chi connectivity index (χ2v) is 7.53. The number of carbonyl (C=O) groups is 2. The van der Waals surface area contributed by atoms with E-state index in [-0.39, 0.29) is 24.3 Å². The number of nitrogens with one attached hydrogen (secondary N) is 1. The predicted octanol–water partition coefficient (Wildman–Crippen LogP) is 3.88. The van der Waals surface area contributed by atoms with Crippen LogP contribution in [0.5, 0.6) is 5.75 Å². The average molecular weight is 397 g/mol. The van der Waals surface area contributed by atoms with Crippen molar-refractivity contribution < 1.29 is 14.3 Å². The van der Waals surface area contributed by atoms with E-state index in [9.17, 15) is 9.59 Å². The third kappa shape index (κ3) is 6.63. The first-order valence-electron chi connectivity index (χ1n) is 10.1. The molecule has 0 radical (unpaired) electrons. The van der Waals surface area contributed by atoms with Crippen LogP contribution in [-0.4, -0.2) is 35.9 Å². The van der Waals surface area contributed by atoms with Crippen molar-refractivity contribution in [2.45, 2.75) is 59.2 Å². The van der Waals surface area contributed by atoms with Gasteiger partial charge < -0.3 is 15.0 Å². The van der Waals surface area contributed by atoms with Gasteiger partial charge in [0.15, 0.2) is 0 Å². The van der Waals surface area contributed by atoms with Crippen molar-refractivity contribution in [3.8, 4) is 5.75 Å². The van der Waals surface area contributed by atoms with Gasteiger partial charge >= 0.3 is 0 Å². The lowest BCUT2D eigenvalue weighted by Gasteiger charge is -2.30. The highest BCUT2D eigenvalue weighted by Crippen LogP contribution is 2.16. The summed E-state index contributed by atoms with van der Waals surface area (Å²) in [7, 11) is 1.61. The Labute approximate surface area is 174 Å². The van der Waals surface area contributed by atoms with Crippen LogP contribution in [0.25, 0.3) is 0 Å². The standard InChI is InChI=1S/C24H32N2O3/c1-6-18(3)25-24(28)19(4)26(16-21-9-7-17(2)8-10-21)23(27)15-20-11-13-22(29-5)14-12-20/h7-14,18-19H,6,15-16H2,1-5H3,(H,25,28)/t18-,19-/m0/s1. The number of hydrogen-bond acceptors (Lipinski definition) is 3. The molecule has 0 saturated carbocycles. The zero-order valence-electron chi connectivity index (χ0n) is 18.1. The van der Waals surface area contributed by atoms with Gasteiger partial charge in [-0.25, -0.2) is 0 Å². The van der Waals surface area contributed by atoms with Gasteiger partial charge in [-0.1, -0.05) is 48.9 Å². The van der Waals surface area contributed by atoms with E-state index in [1.165, 1.54) is 0 Å². The number of rotatable bonds is 9. The normalized spacial score (nSPS) is 12.7. The third-order valence-electron chi connectivity index (χ3n) is 5.16. The minimum absolute atomic E-state index is 0.0721. The van der Waals surface area contributed by atoms with Crippen molar-refractivity contribution in [3.63, 3.8) is 0 Å². The van der Waals surface area contributed by atoms with Crippen LogP contribution < -0.4 is 10.1 Å². The number of aryl methyl sites for hydroxylation is 1. The fourth-order valence-electron chi connectivity index (χ4n) is 2.96. The molecule has 0 fully saturated rings. The largest absolute Gasteiger partial charge is 0.497 e. The second kappa shape index (κ2) is 10.6. The number of benzene rings is 2. The van der Waals surface area contributed by atoms with Gasteiger partial charge in [0.1, 0.15) is 11.8 Å². The summed E-state index contributed by atoms with van der Waals surface area (Å²) in [5.41, 5.74) is 3.05. The Balaban J connectivity index is 2.20. The summed E-state index contributed by atoms with van der Waals surface area (Å²) < 4.78 is 5.18. The number of hydrogen-bond donors (Lipinski definition) is 1. The van der Waals surface area contributed by atoms with E-state index >= 15 is 0 Å². The zero-order chi connectivity index (χ0) is 21.4. The number of carbonyl (C=O) groups excluding carboxylic acids is 2.